The molecule has 0 aromatic carbocycles. The predicted octanol–water partition coefficient (Wildman–Crippen LogP) is 1.86. The Bertz CT molecular complexity index is 407. The van der Waals surface area contributed by atoms with Gasteiger partial charge in [-0.05, 0) is 44.4 Å². The van der Waals surface area contributed by atoms with Gasteiger partial charge in [0, 0.05) is 31.7 Å². The van der Waals surface area contributed by atoms with Crippen molar-refractivity contribution in [2.75, 3.05) is 19.6 Å². The molecule has 0 amide bonds. The normalized spacial score (nSPS) is 24.6. The largest absolute Gasteiger partial charge is 0.312 e. The zero-order valence-electron chi connectivity index (χ0n) is 13.5. The van der Waals surface area contributed by atoms with Gasteiger partial charge in [-0.25, -0.2) is 4.72 Å². The van der Waals surface area contributed by atoms with Gasteiger partial charge in [-0.2, -0.15) is 12.7 Å². The van der Waals surface area contributed by atoms with E-state index < -0.39 is 10.2 Å². The second-order valence-electron chi connectivity index (χ2n) is 6.88. The minimum absolute atomic E-state index is 0.127. The van der Waals surface area contributed by atoms with Gasteiger partial charge in [-0.1, -0.05) is 20.3 Å². The van der Waals surface area contributed by atoms with E-state index in [1.165, 1.54) is 12.8 Å². The molecule has 2 fully saturated rings. The number of nitrogens with one attached hydrogen (secondary N) is 2. The molecule has 1 atom stereocenters. The molecule has 1 aliphatic heterocycles. The first-order valence-corrected chi connectivity index (χ1v) is 9.93. The van der Waals surface area contributed by atoms with E-state index in [1.54, 1.807) is 4.31 Å². The highest BCUT2D eigenvalue weighted by Crippen LogP contribution is 2.22. The highest BCUT2D eigenvalue weighted by Gasteiger charge is 2.33. The maximum Gasteiger partial charge on any atom is 0.279 e. The third-order valence-corrected chi connectivity index (χ3v) is 6.01. The van der Waals surface area contributed by atoms with Crippen molar-refractivity contribution in [3.05, 3.63) is 0 Å². The van der Waals surface area contributed by atoms with Crippen LogP contribution in [0.2, 0.25) is 0 Å². The average molecular weight is 317 g/mol. The van der Waals surface area contributed by atoms with Crippen LogP contribution in [0.5, 0.6) is 0 Å². The summed E-state index contributed by atoms with van der Waals surface area (Å²) in [4.78, 5) is 0. The molecule has 1 unspecified atom stereocenters. The summed E-state index contributed by atoms with van der Waals surface area (Å²) in [6, 6.07) is 0.762. The van der Waals surface area contributed by atoms with Crippen molar-refractivity contribution < 1.29 is 8.42 Å². The van der Waals surface area contributed by atoms with Crippen LogP contribution in [0.1, 0.15) is 58.8 Å². The van der Waals surface area contributed by atoms with Crippen molar-refractivity contribution in [2.24, 2.45) is 5.92 Å². The Kier molecular flexibility index (Phi) is 6.47. The van der Waals surface area contributed by atoms with Crippen molar-refractivity contribution in [1.82, 2.24) is 14.3 Å². The number of rotatable bonds is 9. The molecule has 1 saturated heterocycles. The molecule has 2 rings (SSSR count). The van der Waals surface area contributed by atoms with Crippen LogP contribution in [0.3, 0.4) is 0 Å². The van der Waals surface area contributed by atoms with E-state index in [-0.39, 0.29) is 6.04 Å². The van der Waals surface area contributed by atoms with Gasteiger partial charge in [0.1, 0.15) is 0 Å². The topological polar surface area (TPSA) is 61.4 Å². The summed E-state index contributed by atoms with van der Waals surface area (Å²) in [7, 11) is -3.31. The van der Waals surface area contributed by atoms with Gasteiger partial charge in [0.2, 0.25) is 0 Å². The first-order chi connectivity index (χ1) is 9.99. The molecule has 2 N–H and O–H groups in total. The average Bonchev–Trinajstić information content (AvgIpc) is 3.26. The molecular weight excluding hydrogens is 286 g/mol. The molecule has 1 aliphatic carbocycles. The molecule has 1 saturated carbocycles. The summed E-state index contributed by atoms with van der Waals surface area (Å²) in [5, 5.41) is 3.48. The van der Waals surface area contributed by atoms with Crippen LogP contribution < -0.4 is 10.0 Å². The molecule has 1 heterocycles. The summed E-state index contributed by atoms with van der Waals surface area (Å²) in [6.07, 6.45) is 7.56. The minimum atomic E-state index is -3.31. The standard InChI is InChI=1S/C15H31N3O2S/c1-13(2)6-5-10-17-21(19,20)18-11-4-3-7-15(18)12-16-14-8-9-14/h13-17H,3-12H2,1-2H3. The molecule has 0 radical (unpaired) electrons. The van der Waals surface area contributed by atoms with Crippen LogP contribution in [0.25, 0.3) is 0 Å². The highest BCUT2D eigenvalue weighted by atomic mass is 32.2. The van der Waals surface area contributed by atoms with Gasteiger partial charge in [-0.15, -0.1) is 0 Å². The fourth-order valence-electron chi connectivity index (χ4n) is 2.88. The van der Waals surface area contributed by atoms with Gasteiger partial charge >= 0.3 is 0 Å². The Morgan fingerprint density at radius 3 is 2.62 bits per heavy atom. The Labute approximate surface area is 130 Å². The quantitative estimate of drug-likeness (QED) is 0.638. The lowest BCUT2D eigenvalue weighted by atomic mass is 10.1. The van der Waals surface area contributed by atoms with Gasteiger partial charge in [0.15, 0.2) is 0 Å². The minimum Gasteiger partial charge on any atom is -0.312 e. The third kappa shape index (κ3) is 5.85. The monoisotopic (exact) mass is 317 g/mol. The second kappa shape index (κ2) is 7.90. The fraction of sp³-hybridized carbons (Fsp3) is 1.00. The lowest BCUT2D eigenvalue weighted by Gasteiger charge is -2.34. The van der Waals surface area contributed by atoms with Crippen molar-refractivity contribution in [2.45, 2.75) is 70.9 Å². The number of nitrogens with zero attached hydrogens (tertiary/aromatic N) is 1. The van der Waals surface area contributed by atoms with Crippen LogP contribution in [-0.2, 0) is 10.2 Å². The number of hydrogen-bond donors (Lipinski definition) is 2. The summed E-state index contributed by atoms with van der Waals surface area (Å²) in [5.74, 6) is 0.625. The third-order valence-electron chi connectivity index (χ3n) is 4.34. The van der Waals surface area contributed by atoms with E-state index in [2.05, 4.69) is 23.9 Å². The summed E-state index contributed by atoms with van der Waals surface area (Å²) >= 11 is 0. The van der Waals surface area contributed by atoms with Crippen molar-refractivity contribution in [3.63, 3.8) is 0 Å². The summed E-state index contributed by atoms with van der Waals surface area (Å²) in [5.41, 5.74) is 0. The van der Waals surface area contributed by atoms with Crippen LogP contribution in [0.4, 0.5) is 0 Å². The molecule has 0 aromatic heterocycles. The lowest BCUT2D eigenvalue weighted by molar-refractivity contribution is 0.242. The van der Waals surface area contributed by atoms with E-state index in [0.717, 1.165) is 38.6 Å². The van der Waals surface area contributed by atoms with E-state index in [0.29, 0.717) is 25.0 Å². The smallest absolute Gasteiger partial charge is 0.279 e. The van der Waals surface area contributed by atoms with Gasteiger partial charge in [0.05, 0.1) is 0 Å². The Hall–Kier alpha value is -0.170. The molecule has 5 nitrogen and oxygen atoms in total. The Morgan fingerprint density at radius 1 is 1.19 bits per heavy atom. The van der Waals surface area contributed by atoms with Crippen LogP contribution >= 0.6 is 0 Å². The summed E-state index contributed by atoms with van der Waals surface area (Å²) in [6.45, 7) is 6.35. The zero-order valence-corrected chi connectivity index (χ0v) is 14.3. The van der Waals surface area contributed by atoms with E-state index >= 15 is 0 Å². The van der Waals surface area contributed by atoms with Gasteiger partial charge < -0.3 is 5.32 Å². The molecule has 21 heavy (non-hydrogen) atoms. The predicted molar refractivity (Wildman–Crippen MR) is 86.4 cm³/mol. The first kappa shape index (κ1) is 17.2. The lowest BCUT2D eigenvalue weighted by Crippen LogP contribution is -2.52. The molecule has 0 bridgehead atoms. The second-order valence-corrected chi connectivity index (χ2v) is 8.59. The highest BCUT2D eigenvalue weighted by molar-refractivity contribution is 7.87. The van der Waals surface area contributed by atoms with Crippen LogP contribution in [0.15, 0.2) is 0 Å². The van der Waals surface area contributed by atoms with E-state index in [4.69, 9.17) is 0 Å². The maximum absolute atomic E-state index is 12.5. The maximum atomic E-state index is 12.5. The molecule has 124 valence electrons. The van der Waals surface area contributed by atoms with E-state index in [9.17, 15) is 8.42 Å². The van der Waals surface area contributed by atoms with Crippen molar-refractivity contribution in [1.29, 1.82) is 0 Å². The van der Waals surface area contributed by atoms with Gasteiger partial charge in [-0.3, -0.25) is 0 Å². The van der Waals surface area contributed by atoms with Crippen LogP contribution in [-0.4, -0.2) is 44.4 Å². The first-order valence-electron chi connectivity index (χ1n) is 8.49. The van der Waals surface area contributed by atoms with Gasteiger partial charge in [0.25, 0.3) is 10.2 Å². The number of piperidine rings is 1. The SMILES string of the molecule is CC(C)CCCNS(=O)(=O)N1CCCCC1CNC1CC1. The Morgan fingerprint density at radius 2 is 1.95 bits per heavy atom. The molecule has 0 aromatic rings. The molecule has 6 heteroatoms. The Balaban J connectivity index is 1.81. The zero-order chi connectivity index (χ0) is 15.3. The summed E-state index contributed by atoms with van der Waals surface area (Å²) < 4.78 is 29.5. The molecule has 0 spiro atoms. The van der Waals surface area contributed by atoms with E-state index in [1.807, 2.05) is 0 Å². The van der Waals surface area contributed by atoms with Crippen molar-refractivity contribution in [3.8, 4) is 0 Å². The van der Waals surface area contributed by atoms with Crippen molar-refractivity contribution >= 4 is 10.2 Å². The number of hydrogen-bond acceptors (Lipinski definition) is 3. The molecular formula is C15H31N3O2S. The van der Waals surface area contributed by atoms with Crippen LogP contribution in [0, 0.1) is 5.92 Å². The molecule has 2 aliphatic rings. The fourth-order valence-corrected chi connectivity index (χ4v) is 4.39.